The molecule has 18 heavy (non-hydrogen) atoms. The Bertz CT molecular complexity index is 393. The third-order valence-corrected chi connectivity index (χ3v) is 3.55. The predicted molar refractivity (Wildman–Crippen MR) is 76.5 cm³/mol. The third kappa shape index (κ3) is 3.61. The molecule has 1 saturated carbocycles. The predicted octanol–water partition coefficient (Wildman–Crippen LogP) is 2.67. The van der Waals surface area contributed by atoms with E-state index in [4.69, 9.17) is 16.3 Å². The van der Waals surface area contributed by atoms with Gasteiger partial charge in [-0.2, -0.15) is 0 Å². The van der Waals surface area contributed by atoms with Crippen LogP contribution in [-0.4, -0.2) is 33.4 Å². The van der Waals surface area contributed by atoms with Gasteiger partial charge in [0.25, 0.3) is 0 Å². The van der Waals surface area contributed by atoms with Gasteiger partial charge in [0.1, 0.15) is 0 Å². The largest absolute Gasteiger partial charge is 0.383 e. The second-order valence-corrected chi connectivity index (χ2v) is 5.22. The first-order chi connectivity index (χ1) is 8.72. The van der Waals surface area contributed by atoms with E-state index in [1.807, 2.05) is 12.1 Å². The minimum Gasteiger partial charge on any atom is -0.383 e. The lowest BCUT2D eigenvalue weighted by molar-refractivity contribution is 0.206. The first kappa shape index (κ1) is 13.7. The Kier molecular flexibility index (Phi) is 4.87. The van der Waals surface area contributed by atoms with Crippen LogP contribution in [0.3, 0.4) is 0 Å². The number of hydrogen-bond acceptors (Lipinski definition) is 3. The van der Waals surface area contributed by atoms with Gasteiger partial charge in [0, 0.05) is 33.3 Å². The molecule has 1 N–H and O–H groups in total. The number of nitrogens with one attached hydrogen (secondary N) is 1. The lowest BCUT2D eigenvalue weighted by atomic mass is 10.1. The molecule has 3 nitrogen and oxygen atoms in total. The van der Waals surface area contributed by atoms with Crippen molar-refractivity contribution < 1.29 is 4.74 Å². The van der Waals surface area contributed by atoms with Gasteiger partial charge in [0.05, 0.1) is 17.3 Å². The van der Waals surface area contributed by atoms with Crippen LogP contribution in [0.2, 0.25) is 5.02 Å². The molecule has 0 radical (unpaired) electrons. The fourth-order valence-corrected chi connectivity index (χ4v) is 2.35. The summed E-state index contributed by atoms with van der Waals surface area (Å²) >= 11 is 6.32. The molecule has 0 amide bonds. The normalized spacial score (nSPS) is 14.8. The Labute approximate surface area is 114 Å². The molecule has 2 rings (SSSR count). The van der Waals surface area contributed by atoms with E-state index < -0.39 is 0 Å². The highest BCUT2D eigenvalue weighted by atomic mass is 35.5. The van der Waals surface area contributed by atoms with Gasteiger partial charge in [0.15, 0.2) is 0 Å². The molecule has 1 aliphatic rings. The number of rotatable bonds is 7. The van der Waals surface area contributed by atoms with Crippen molar-refractivity contribution in [2.75, 3.05) is 32.2 Å². The molecule has 0 atom stereocenters. The number of methoxy groups -OCH3 is 1. The summed E-state index contributed by atoms with van der Waals surface area (Å²) in [5, 5.41) is 4.34. The van der Waals surface area contributed by atoms with Crippen LogP contribution in [0.1, 0.15) is 18.4 Å². The molecule has 0 aliphatic heterocycles. The van der Waals surface area contributed by atoms with Gasteiger partial charge < -0.3 is 15.0 Å². The summed E-state index contributed by atoms with van der Waals surface area (Å²) < 4.78 is 5.12. The number of benzene rings is 1. The van der Waals surface area contributed by atoms with Crippen molar-refractivity contribution in [3.63, 3.8) is 0 Å². The van der Waals surface area contributed by atoms with Gasteiger partial charge in [-0.05, 0) is 24.5 Å². The minimum atomic E-state index is 0.706. The van der Waals surface area contributed by atoms with Crippen molar-refractivity contribution in [3.05, 3.63) is 28.8 Å². The van der Waals surface area contributed by atoms with Crippen molar-refractivity contribution in [2.24, 2.45) is 0 Å². The molecular formula is C14H21ClN2O. The van der Waals surface area contributed by atoms with E-state index in [0.717, 1.165) is 23.8 Å². The summed E-state index contributed by atoms with van der Waals surface area (Å²) in [7, 11) is 3.77. The fourth-order valence-electron chi connectivity index (χ4n) is 2.01. The van der Waals surface area contributed by atoms with Crippen LogP contribution >= 0.6 is 11.6 Å². The Morgan fingerprint density at radius 3 is 2.89 bits per heavy atom. The van der Waals surface area contributed by atoms with Gasteiger partial charge in [-0.25, -0.2) is 0 Å². The highest BCUT2D eigenvalue weighted by Crippen LogP contribution is 2.30. The maximum absolute atomic E-state index is 6.32. The molecule has 0 spiro atoms. The third-order valence-electron chi connectivity index (χ3n) is 3.24. The SMILES string of the molecule is COCCN(C)c1c(Cl)cccc1CNC1CC1. The standard InChI is InChI=1S/C14H21ClN2O/c1-17(8-9-18-2)14-11(4-3-5-13(14)15)10-16-12-6-7-12/h3-5,12,16H,6-10H2,1-2H3. The maximum atomic E-state index is 6.32. The molecule has 0 heterocycles. The number of anilines is 1. The maximum Gasteiger partial charge on any atom is 0.0642 e. The van der Waals surface area contributed by atoms with Gasteiger partial charge in [-0.3, -0.25) is 0 Å². The van der Waals surface area contributed by atoms with E-state index in [1.54, 1.807) is 7.11 Å². The molecular weight excluding hydrogens is 248 g/mol. The molecule has 1 fully saturated rings. The molecule has 0 aromatic heterocycles. The van der Waals surface area contributed by atoms with Gasteiger partial charge in [0.2, 0.25) is 0 Å². The lowest BCUT2D eigenvalue weighted by Crippen LogP contribution is -2.25. The smallest absolute Gasteiger partial charge is 0.0642 e. The molecule has 100 valence electrons. The zero-order chi connectivity index (χ0) is 13.0. The first-order valence-electron chi connectivity index (χ1n) is 6.43. The van der Waals surface area contributed by atoms with Crippen LogP contribution in [0, 0.1) is 0 Å². The van der Waals surface area contributed by atoms with Crippen LogP contribution in [0.15, 0.2) is 18.2 Å². The quantitative estimate of drug-likeness (QED) is 0.823. The van der Waals surface area contributed by atoms with Crippen LogP contribution < -0.4 is 10.2 Å². The number of likely N-dealkylation sites (N-methyl/N-ethyl adjacent to an activating group) is 1. The van der Waals surface area contributed by atoms with Gasteiger partial charge >= 0.3 is 0 Å². The highest BCUT2D eigenvalue weighted by Gasteiger charge is 2.21. The highest BCUT2D eigenvalue weighted by molar-refractivity contribution is 6.33. The Balaban J connectivity index is 2.08. The Morgan fingerprint density at radius 2 is 2.22 bits per heavy atom. The summed E-state index contributed by atoms with van der Waals surface area (Å²) in [4.78, 5) is 2.16. The average molecular weight is 269 g/mol. The molecule has 0 unspecified atom stereocenters. The summed E-state index contributed by atoms with van der Waals surface area (Å²) in [5.41, 5.74) is 2.37. The number of halogens is 1. The van der Waals surface area contributed by atoms with E-state index in [2.05, 4.69) is 23.3 Å². The molecule has 0 bridgehead atoms. The lowest BCUT2D eigenvalue weighted by Gasteiger charge is -2.23. The van der Waals surface area contributed by atoms with Crippen molar-refractivity contribution in [1.29, 1.82) is 0 Å². The molecule has 1 aromatic rings. The fraction of sp³-hybridized carbons (Fsp3) is 0.571. The number of hydrogen-bond donors (Lipinski definition) is 1. The van der Waals surface area contributed by atoms with E-state index in [1.165, 1.54) is 18.4 Å². The van der Waals surface area contributed by atoms with E-state index in [-0.39, 0.29) is 0 Å². The second-order valence-electron chi connectivity index (χ2n) is 4.82. The molecule has 0 saturated heterocycles. The zero-order valence-corrected chi connectivity index (χ0v) is 11.8. The van der Waals surface area contributed by atoms with Crippen LogP contribution in [0.25, 0.3) is 0 Å². The monoisotopic (exact) mass is 268 g/mol. The van der Waals surface area contributed by atoms with Crippen molar-refractivity contribution in [1.82, 2.24) is 5.32 Å². The minimum absolute atomic E-state index is 0.706. The topological polar surface area (TPSA) is 24.5 Å². The number of ether oxygens (including phenoxy) is 1. The van der Waals surface area contributed by atoms with Crippen LogP contribution in [0.5, 0.6) is 0 Å². The van der Waals surface area contributed by atoms with E-state index >= 15 is 0 Å². The van der Waals surface area contributed by atoms with Crippen LogP contribution in [0.4, 0.5) is 5.69 Å². The number of para-hydroxylation sites is 1. The van der Waals surface area contributed by atoms with E-state index in [0.29, 0.717) is 12.6 Å². The summed E-state index contributed by atoms with van der Waals surface area (Å²) in [6.07, 6.45) is 2.60. The summed E-state index contributed by atoms with van der Waals surface area (Å²) in [5.74, 6) is 0. The summed E-state index contributed by atoms with van der Waals surface area (Å²) in [6.45, 7) is 2.44. The van der Waals surface area contributed by atoms with Gasteiger partial charge in [-0.1, -0.05) is 23.7 Å². The number of nitrogens with zero attached hydrogens (tertiary/aromatic N) is 1. The molecule has 4 heteroatoms. The molecule has 1 aliphatic carbocycles. The Morgan fingerprint density at radius 1 is 1.44 bits per heavy atom. The van der Waals surface area contributed by atoms with Crippen molar-refractivity contribution in [3.8, 4) is 0 Å². The van der Waals surface area contributed by atoms with Crippen LogP contribution in [-0.2, 0) is 11.3 Å². The molecule has 1 aromatic carbocycles. The zero-order valence-electron chi connectivity index (χ0n) is 11.1. The van der Waals surface area contributed by atoms with E-state index in [9.17, 15) is 0 Å². The first-order valence-corrected chi connectivity index (χ1v) is 6.81. The van der Waals surface area contributed by atoms with Crippen molar-refractivity contribution in [2.45, 2.75) is 25.4 Å². The average Bonchev–Trinajstić information content (AvgIpc) is 3.17. The Hall–Kier alpha value is -0.770. The second kappa shape index (κ2) is 6.41. The van der Waals surface area contributed by atoms with Gasteiger partial charge in [-0.15, -0.1) is 0 Å². The summed E-state index contributed by atoms with van der Waals surface area (Å²) in [6, 6.07) is 6.81. The van der Waals surface area contributed by atoms with Crippen molar-refractivity contribution >= 4 is 17.3 Å².